The molecule has 6 nitrogen and oxygen atoms in total. The molecule has 128 valence electrons. The third-order valence-corrected chi connectivity index (χ3v) is 4.05. The van der Waals surface area contributed by atoms with Gasteiger partial charge in [-0.1, -0.05) is 18.2 Å². The number of aryl methyl sites for hydroxylation is 1. The second-order valence-electron chi connectivity index (χ2n) is 5.75. The number of imide groups is 1. The number of benzene rings is 2. The van der Waals surface area contributed by atoms with E-state index in [1.54, 1.807) is 13.0 Å². The summed E-state index contributed by atoms with van der Waals surface area (Å²) in [5.74, 6) is -2.69. The van der Waals surface area contributed by atoms with E-state index in [1.165, 1.54) is 36.4 Å². The number of carbonyl (C=O) groups excluding carboxylic acids is 2. The second-order valence-corrected chi connectivity index (χ2v) is 5.75. The summed E-state index contributed by atoms with van der Waals surface area (Å²) in [5.41, 5.74) is 0.934. The number of carboxylic acids is 1. The molecule has 1 saturated heterocycles. The molecule has 1 aliphatic rings. The Kier molecular flexibility index (Phi) is 4.22. The van der Waals surface area contributed by atoms with Crippen LogP contribution >= 0.6 is 0 Å². The summed E-state index contributed by atoms with van der Waals surface area (Å²) in [5, 5.41) is 11.9. The molecule has 2 N–H and O–H groups in total. The molecule has 2 amide bonds. The number of carboxylic acid groups (broad SMARTS) is 1. The highest BCUT2D eigenvalue weighted by Gasteiger charge is 2.40. The second kappa shape index (κ2) is 6.35. The van der Waals surface area contributed by atoms with Gasteiger partial charge >= 0.3 is 5.97 Å². The number of rotatable bonds is 4. The molecular weight excluding hydrogens is 327 g/mol. The molecule has 7 heteroatoms. The van der Waals surface area contributed by atoms with Crippen LogP contribution in [-0.4, -0.2) is 28.9 Å². The molecular formula is C18H15FN2O4. The fraction of sp³-hybridized carbons (Fsp3) is 0.167. The molecule has 0 aromatic heterocycles. The van der Waals surface area contributed by atoms with Crippen LogP contribution in [0.5, 0.6) is 0 Å². The zero-order valence-electron chi connectivity index (χ0n) is 13.3. The Balaban J connectivity index is 1.91. The van der Waals surface area contributed by atoms with Gasteiger partial charge in [-0.3, -0.25) is 9.59 Å². The van der Waals surface area contributed by atoms with Crippen LogP contribution in [0.3, 0.4) is 0 Å². The van der Waals surface area contributed by atoms with Gasteiger partial charge in [0.05, 0.1) is 23.4 Å². The summed E-state index contributed by atoms with van der Waals surface area (Å²) in [7, 11) is 0. The molecule has 0 bridgehead atoms. The van der Waals surface area contributed by atoms with Gasteiger partial charge in [0.15, 0.2) is 0 Å². The van der Waals surface area contributed by atoms with Crippen molar-refractivity contribution in [3.63, 3.8) is 0 Å². The molecule has 1 heterocycles. The van der Waals surface area contributed by atoms with Crippen molar-refractivity contribution in [2.75, 3.05) is 10.2 Å². The van der Waals surface area contributed by atoms with Crippen LogP contribution in [0.4, 0.5) is 15.8 Å². The summed E-state index contributed by atoms with van der Waals surface area (Å²) in [6.07, 6.45) is -0.135. The summed E-state index contributed by atoms with van der Waals surface area (Å²) in [6.45, 7) is 1.68. The van der Waals surface area contributed by atoms with Crippen molar-refractivity contribution in [2.24, 2.45) is 0 Å². The van der Waals surface area contributed by atoms with Crippen LogP contribution in [0, 0.1) is 12.7 Å². The van der Waals surface area contributed by atoms with Gasteiger partial charge in [-0.2, -0.15) is 0 Å². The first-order chi connectivity index (χ1) is 11.9. The van der Waals surface area contributed by atoms with Gasteiger partial charge in [-0.25, -0.2) is 14.1 Å². The summed E-state index contributed by atoms with van der Waals surface area (Å²) < 4.78 is 13.8. The van der Waals surface area contributed by atoms with Crippen molar-refractivity contribution in [1.82, 2.24) is 0 Å². The monoisotopic (exact) mass is 342 g/mol. The van der Waals surface area contributed by atoms with Gasteiger partial charge in [0.2, 0.25) is 5.91 Å². The third kappa shape index (κ3) is 3.08. The number of hydrogen-bond acceptors (Lipinski definition) is 4. The van der Waals surface area contributed by atoms with E-state index < -0.39 is 29.6 Å². The largest absolute Gasteiger partial charge is 0.478 e. The molecule has 1 atom stereocenters. The van der Waals surface area contributed by atoms with Gasteiger partial charge < -0.3 is 10.4 Å². The standard InChI is InChI=1S/C18H15FN2O4/c1-10-6-7-11(18(24)25)8-15(10)21-16(22)9-14(17(21)23)20-13-5-3-2-4-12(13)19/h2-8,14,20H,9H2,1H3,(H,24,25)/t14-/m1/s1. The molecule has 2 aromatic carbocycles. The number of anilines is 2. The third-order valence-electron chi connectivity index (χ3n) is 4.05. The average molecular weight is 342 g/mol. The fourth-order valence-electron chi connectivity index (χ4n) is 2.75. The molecule has 1 aliphatic heterocycles. The molecule has 2 aromatic rings. The van der Waals surface area contributed by atoms with Gasteiger partial charge in [0, 0.05) is 0 Å². The molecule has 0 aliphatic carbocycles. The van der Waals surface area contributed by atoms with Crippen LogP contribution in [0.1, 0.15) is 22.3 Å². The molecule has 0 spiro atoms. The predicted molar refractivity (Wildman–Crippen MR) is 89.1 cm³/mol. The minimum absolute atomic E-state index is 0.0216. The minimum Gasteiger partial charge on any atom is -0.478 e. The molecule has 25 heavy (non-hydrogen) atoms. The number of nitrogens with one attached hydrogen (secondary N) is 1. The van der Waals surface area contributed by atoms with Crippen molar-refractivity contribution >= 4 is 29.2 Å². The quantitative estimate of drug-likeness (QED) is 0.834. The average Bonchev–Trinajstić information content (AvgIpc) is 2.84. The normalized spacial score (nSPS) is 17.0. The minimum atomic E-state index is -1.15. The smallest absolute Gasteiger partial charge is 0.335 e. The SMILES string of the molecule is Cc1ccc(C(=O)O)cc1N1C(=O)C[C@@H](Nc2ccccc2F)C1=O. The van der Waals surface area contributed by atoms with E-state index >= 15 is 0 Å². The lowest BCUT2D eigenvalue weighted by molar-refractivity contribution is -0.121. The lowest BCUT2D eigenvalue weighted by Gasteiger charge is -2.18. The van der Waals surface area contributed by atoms with Gasteiger partial charge in [0.1, 0.15) is 11.9 Å². The maximum atomic E-state index is 13.8. The van der Waals surface area contributed by atoms with E-state index in [9.17, 15) is 18.8 Å². The molecule has 0 radical (unpaired) electrons. The number of carbonyl (C=O) groups is 3. The van der Waals surface area contributed by atoms with E-state index in [4.69, 9.17) is 5.11 Å². The molecule has 0 unspecified atom stereocenters. The summed E-state index contributed by atoms with van der Waals surface area (Å²) in [4.78, 5) is 37.1. The van der Waals surface area contributed by atoms with E-state index in [2.05, 4.69) is 5.32 Å². The Morgan fingerprint density at radius 3 is 2.64 bits per heavy atom. The maximum Gasteiger partial charge on any atom is 0.335 e. The van der Waals surface area contributed by atoms with Crippen LogP contribution in [0.25, 0.3) is 0 Å². The van der Waals surface area contributed by atoms with Crippen molar-refractivity contribution in [2.45, 2.75) is 19.4 Å². The van der Waals surface area contributed by atoms with Crippen LogP contribution < -0.4 is 10.2 Å². The Labute approximate surface area is 142 Å². The number of nitrogens with zero attached hydrogens (tertiary/aromatic N) is 1. The summed E-state index contributed by atoms with van der Waals surface area (Å²) >= 11 is 0. The lowest BCUT2D eigenvalue weighted by atomic mass is 10.1. The topological polar surface area (TPSA) is 86.7 Å². The number of hydrogen-bond donors (Lipinski definition) is 2. The molecule has 3 rings (SSSR count). The first-order valence-corrected chi connectivity index (χ1v) is 7.60. The number of para-hydroxylation sites is 1. The zero-order valence-corrected chi connectivity index (χ0v) is 13.3. The molecule has 0 saturated carbocycles. The first-order valence-electron chi connectivity index (χ1n) is 7.60. The van der Waals surface area contributed by atoms with Crippen molar-refractivity contribution in [1.29, 1.82) is 0 Å². The van der Waals surface area contributed by atoms with Gasteiger partial charge in [-0.05, 0) is 36.8 Å². The van der Waals surface area contributed by atoms with E-state index in [-0.39, 0.29) is 23.4 Å². The van der Waals surface area contributed by atoms with Crippen molar-refractivity contribution in [3.8, 4) is 0 Å². The number of aromatic carboxylic acids is 1. The predicted octanol–water partition coefficient (Wildman–Crippen LogP) is 2.58. The van der Waals surface area contributed by atoms with Crippen LogP contribution in [0.2, 0.25) is 0 Å². The lowest BCUT2D eigenvalue weighted by Crippen LogP contribution is -2.35. The Hall–Kier alpha value is -3.22. The van der Waals surface area contributed by atoms with Crippen LogP contribution in [-0.2, 0) is 9.59 Å². The van der Waals surface area contributed by atoms with E-state index in [0.29, 0.717) is 5.56 Å². The highest BCUT2D eigenvalue weighted by molar-refractivity contribution is 6.23. The van der Waals surface area contributed by atoms with Crippen molar-refractivity contribution in [3.05, 3.63) is 59.4 Å². The van der Waals surface area contributed by atoms with Crippen molar-refractivity contribution < 1.29 is 23.9 Å². The van der Waals surface area contributed by atoms with Gasteiger partial charge in [-0.15, -0.1) is 0 Å². The number of amides is 2. The number of halogens is 1. The maximum absolute atomic E-state index is 13.8. The zero-order chi connectivity index (χ0) is 18.1. The fourth-order valence-corrected chi connectivity index (χ4v) is 2.75. The Morgan fingerprint density at radius 2 is 1.96 bits per heavy atom. The Morgan fingerprint density at radius 1 is 1.24 bits per heavy atom. The first kappa shape index (κ1) is 16.6. The van der Waals surface area contributed by atoms with E-state index in [0.717, 1.165) is 4.90 Å². The van der Waals surface area contributed by atoms with E-state index in [1.807, 2.05) is 0 Å². The highest BCUT2D eigenvalue weighted by Crippen LogP contribution is 2.29. The summed E-state index contributed by atoms with van der Waals surface area (Å²) in [6, 6.07) is 9.20. The van der Waals surface area contributed by atoms with Gasteiger partial charge in [0.25, 0.3) is 5.91 Å². The Bertz CT molecular complexity index is 881. The van der Waals surface area contributed by atoms with Crippen LogP contribution in [0.15, 0.2) is 42.5 Å². The highest BCUT2D eigenvalue weighted by atomic mass is 19.1. The molecule has 1 fully saturated rings.